The van der Waals surface area contributed by atoms with E-state index in [4.69, 9.17) is 15.0 Å². The molecule has 3 N–H and O–H groups in total. The van der Waals surface area contributed by atoms with E-state index in [1.165, 1.54) is 6.55 Å². The molecule has 0 heterocycles. The summed E-state index contributed by atoms with van der Waals surface area (Å²) in [6.45, 7) is 1.40. The summed E-state index contributed by atoms with van der Waals surface area (Å²) >= 11 is 0. The quantitative estimate of drug-likeness (QED) is 0.281. The van der Waals surface area contributed by atoms with Crippen LogP contribution in [0.4, 0.5) is 0 Å². The summed E-state index contributed by atoms with van der Waals surface area (Å²) in [6, 6.07) is 0. The fourth-order valence-electron chi connectivity index (χ4n) is 0. The first-order valence-electron chi connectivity index (χ1n) is 1.53. The smallest absolute Gasteiger partial charge is 0.269 e. The molecule has 3 nitrogen and oxygen atoms in total. The summed E-state index contributed by atoms with van der Waals surface area (Å²) in [5, 5.41) is 16.0. The molecule has 4 heteroatoms. The van der Waals surface area contributed by atoms with Crippen LogP contribution in [-0.2, 0) is 0 Å². The van der Waals surface area contributed by atoms with Gasteiger partial charge in [0.2, 0.25) is 0 Å². The van der Waals surface area contributed by atoms with Gasteiger partial charge in [0.15, 0.2) is 5.91 Å². The van der Waals surface area contributed by atoms with Crippen molar-refractivity contribution < 1.29 is 15.0 Å². The molecule has 0 aromatic rings. The van der Waals surface area contributed by atoms with E-state index < -0.39 is 15.0 Å². The van der Waals surface area contributed by atoms with E-state index in [-0.39, 0.29) is 0 Å². The Balaban J connectivity index is 2.99. The fourth-order valence-corrected chi connectivity index (χ4v) is 0. The van der Waals surface area contributed by atoms with Crippen molar-refractivity contribution in [1.29, 1.82) is 0 Å². The maximum atomic E-state index is 8.23. The van der Waals surface area contributed by atoms with Gasteiger partial charge < -0.3 is 15.0 Å². The molecule has 0 aromatic heterocycles. The summed E-state index contributed by atoms with van der Waals surface area (Å²) in [4.78, 5) is 8.23. The summed E-state index contributed by atoms with van der Waals surface area (Å²) in [5.41, 5.74) is 0. The molecule has 0 unspecified atom stereocenters. The predicted octanol–water partition coefficient (Wildman–Crippen LogP) is -1.55. The number of hydrogen-bond acceptors (Lipinski definition) is 3. The minimum atomic E-state index is -1.84. The Kier molecular flexibility index (Phi) is 2.34. The molecule has 0 bridgehead atoms. The molecule has 0 spiro atoms. The highest BCUT2D eigenvalue weighted by Crippen LogP contribution is 1.76. The summed E-state index contributed by atoms with van der Waals surface area (Å²) < 4.78 is 0. The van der Waals surface area contributed by atoms with Gasteiger partial charge >= 0.3 is 0 Å². The van der Waals surface area contributed by atoms with E-state index in [0.717, 1.165) is 0 Å². The van der Waals surface area contributed by atoms with Crippen molar-refractivity contribution in [2.75, 3.05) is 0 Å². The molecule has 1 radical (unpaired) electrons. The SMILES string of the molecule is C[Si](O)C(O)O. The number of aliphatic hydroxyl groups is 2. The van der Waals surface area contributed by atoms with E-state index in [2.05, 4.69) is 0 Å². The molecular formula is C2H7O3Si. The van der Waals surface area contributed by atoms with Crippen molar-refractivity contribution in [2.24, 2.45) is 0 Å². The van der Waals surface area contributed by atoms with Crippen LogP contribution in [0.1, 0.15) is 0 Å². The van der Waals surface area contributed by atoms with Crippen LogP contribution in [0.2, 0.25) is 6.55 Å². The Bertz CT molecular complexity index is 29.8. The molecule has 0 saturated carbocycles. The van der Waals surface area contributed by atoms with Crippen molar-refractivity contribution in [1.82, 2.24) is 0 Å². The molecule has 0 aromatic carbocycles. The molecule has 0 atom stereocenters. The van der Waals surface area contributed by atoms with Gasteiger partial charge in [-0.15, -0.1) is 0 Å². The molecule has 0 saturated heterocycles. The zero-order chi connectivity index (χ0) is 5.15. The van der Waals surface area contributed by atoms with Crippen molar-refractivity contribution in [3.63, 3.8) is 0 Å². The minimum absolute atomic E-state index is 1.40. The van der Waals surface area contributed by atoms with Crippen LogP contribution in [0.3, 0.4) is 0 Å². The molecule has 0 rings (SSSR count). The zero-order valence-corrected chi connectivity index (χ0v) is 4.42. The second-order valence-electron chi connectivity index (χ2n) is 1.02. The van der Waals surface area contributed by atoms with Crippen LogP contribution < -0.4 is 0 Å². The second kappa shape index (κ2) is 2.30. The van der Waals surface area contributed by atoms with Crippen LogP contribution in [0.15, 0.2) is 0 Å². The van der Waals surface area contributed by atoms with Gasteiger partial charge in [0.05, 0.1) is 0 Å². The Morgan fingerprint density at radius 1 is 1.50 bits per heavy atom. The standard InChI is InChI=1S/C2H7O3Si/c1-6(5)2(3)4/h2-5H,1H3. The average Bonchev–Trinajstić information content (AvgIpc) is 1.36. The average molecular weight is 107 g/mol. The van der Waals surface area contributed by atoms with E-state index in [1.54, 1.807) is 0 Å². The molecule has 37 valence electrons. The van der Waals surface area contributed by atoms with Crippen LogP contribution >= 0.6 is 0 Å². The summed E-state index contributed by atoms with van der Waals surface area (Å²) in [6.07, 6.45) is 0. The lowest BCUT2D eigenvalue weighted by Gasteiger charge is -1.98. The van der Waals surface area contributed by atoms with Gasteiger partial charge in [-0.2, -0.15) is 0 Å². The van der Waals surface area contributed by atoms with Crippen LogP contribution in [0.25, 0.3) is 0 Å². The van der Waals surface area contributed by atoms with E-state index in [0.29, 0.717) is 0 Å². The highest BCUT2D eigenvalue weighted by atomic mass is 28.3. The zero-order valence-electron chi connectivity index (χ0n) is 3.42. The van der Waals surface area contributed by atoms with Gasteiger partial charge in [-0.3, -0.25) is 0 Å². The summed E-state index contributed by atoms with van der Waals surface area (Å²) in [7, 11) is -1.84. The van der Waals surface area contributed by atoms with Crippen molar-refractivity contribution >= 4 is 9.04 Å². The van der Waals surface area contributed by atoms with Crippen LogP contribution in [0.5, 0.6) is 0 Å². The highest BCUT2D eigenvalue weighted by Gasteiger charge is 2.07. The lowest BCUT2D eigenvalue weighted by atomic mass is 11.5. The van der Waals surface area contributed by atoms with Gasteiger partial charge in [-0.25, -0.2) is 0 Å². The summed E-state index contributed by atoms with van der Waals surface area (Å²) in [5.74, 6) is -1.49. The molecule has 0 amide bonds. The van der Waals surface area contributed by atoms with Crippen LogP contribution in [-0.4, -0.2) is 30.0 Å². The first-order chi connectivity index (χ1) is 2.64. The van der Waals surface area contributed by atoms with Crippen molar-refractivity contribution in [3.05, 3.63) is 0 Å². The maximum Gasteiger partial charge on any atom is 0.269 e. The third kappa shape index (κ3) is 2.34. The highest BCUT2D eigenvalue weighted by molar-refractivity contribution is 6.49. The Morgan fingerprint density at radius 2 is 1.67 bits per heavy atom. The fraction of sp³-hybridized carbons (Fsp3) is 1.00. The molecule has 6 heavy (non-hydrogen) atoms. The third-order valence-corrected chi connectivity index (χ3v) is 1.12. The van der Waals surface area contributed by atoms with E-state index in [1.807, 2.05) is 0 Å². The minimum Gasteiger partial charge on any atom is -0.427 e. The maximum absolute atomic E-state index is 8.23. The number of aliphatic hydroxyl groups excluding tert-OH is 1. The van der Waals surface area contributed by atoms with Crippen molar-refractivity contribution in [2.45, 2.75) is 12.5 Å². The Hall–Kier alpha value is 0.0969. The van der Waals surface area contributed by atoms with Gasteiger partial charge in [-0.05, 0) is 6.55 Å². The first-order valence-corrected chi connectivity index (χ1v) is 3.55. The topological polar surface area (TPSA) is 60.7 Å². The largest absolute Gasteiger partial charge is 0.427 e. The normalized spacial score (nSPS) is 11.0. The Morgan fingerprint density at radius 3 is 1.67 bits per heavy atom. The molecule has 0 aliphatic carbocycles. The van der Waals surface area contributed by atoms with Gasteiger partial charge in [0, 0.05) is 0 Å². The molecular weight excluding hydrogens is 100 g/mol. The number of hydrogen-bond donors (Lipinski definition) is 3. The monoisotopic (exact) mass is 107 g/mol. The third-order valence-electron chi connectivity index (χ3n) is 0.374. The molecule has 0 aliphatic rings. The number of rotatable bonds is 1. The Labute approximate surface area is 37.6 Å². The van der Waals surface area contributed by atoms with Crippen molar-refractivity contribution in [3.8, 4) is 0 Å². The van der Waals surface area contributed by atoms with Gasteiger partial charge in [0.1, 0.15) is 0 Å². The lowest BCUT2D eigenvalue weighted by molar-refractivity contribution is 0.0160. The lowest BCUT2D eigenvalue weighted by Crippen LogP contribution is -2.26. The molecule has 0 fully saturated rings. The van der Waals surface area contributed by atoms with Gasteiger partial charge in [-0.1, -0.05) is 0 Å². The predicted molar refractivity (Wildman–Crippen MR) is 22.1 cm³/mol. The van der Waals surface area contributed by atoms with Crippen LogP contribution in [0, 0.1) is 0 Å². The molecule has 0 aliphatic heterocycles. The van der Waals surface area contributed by atoms with E-state index in [9.17, 15) is 0 Å². The first kappa shape index (κ1) is 6.10. The van der Waals surface area contributed by atoms with Gasteiger partial charge in [0.25, 0.3) is 9.04 Å². The second-order valence-corrected chi connectivity index (χ2v) is 2.81. The van der Waals surface area contributed by atoms with E-state index >= 15 is 0 Å².